The third-order valence-electron chi connectivity index (χ3n) is 3.12. The van der Waals surface area contributed by atoms with Crippen LogP contribution >= 0.6 is 0 Å². The Labute approximate surface area is 114 Å². The molecule has 0 aliphatic rings. The van der Waals surface area contributed by atoms with Crippen LogP contribution in [0.4, 0.5) is 4.39 Å². The average molecular weight is 266 g/mol. The van der Waals surface area contributed by atoms with Gasteiger partial charge in [-0.3, -0.25) is 4.79 Å². The van der Waals surface area contributed by atoms with Crippen molar-refractivity contribution in [2.45, 2.75) is 0 Å². The molecule has 0 spiro atoms. The first-order valence-electron chi connectivity index (χ1n) is 6.11. The van der Waals surface area contributed by atoms with Gasteiger partial charge in [-0.1, -0.05) is 18.2 Å². The highest BCUT2D eigenvalue weighted by atomic mass is 19.1. The van der Waals surface area contributed by atoms with E-state index in [1.54, 1.807) is 24.3 Å². The molecule has 1 heterocycles. The quantitative estimate of drug-likeness (QED) is 0.774. The van der Waals surface area contributed by atoms with Crippen LogP contribution in [0.1, 0.15) is 10.4 Å². The molecule has 0 bridgehead atoms. The number of benzene rings is 2. The van der Waals surface area contributed by atoms with Gasteiger partial charge in [-0.05, 0) is 36.4 Å². The Morgan fingerprint density at radius 2 is 1.75 bits per heavy atom. The summed E-state index contributed by atoms with van der Waals surface area (Å²) in [5, 5.41) is 0.714. The number of hydrogen-bond donors (Lipinski definition) is 1. The van der Waals surface area contributed by atoms with Crippen molar-refractivity contribution in [3.05, 3.63) is 66.0 Å². The van der Waals surface area contributed by atoms with Crippen LogP contribution < -0.4 is 5.73 Å². The number of fused-ring (bicyclic) bond motifs is 1. The molecule has 1 amide bonds. The molecule has 0 saturated heterocycles. The number of nitrogens with two attached hydrogens (primary N) is 1. The van der Waals surface area contributed by atoms with Crippen molar-refractivity contribution in [1.82, 2.24) is 4.98 Å². The van der Waals surface area contributed by atoms with E-state index in [1.165, 1.54) is 12.1 Å². The number of amides is 1. The smallest absolute Gasteiger partial charge is 0.249 e. The van der Waals surface area contributed by atoms with Crippen LogP contribution in [0.2, 0.25) is 0 Å². The summed E-state index contributed by atoms with van der Waals surface area (Å²) in [5.74, 6) is -0.823. The van der Waals surface area contributed by atoms with Crippen molar-refractivity contribution in [2.75, 3.05) is 0 Å². The second kappa shape index (κ2) is 4.74. The van der Waals surface area contributed by atoms with Gasteiger partial charge < -0.3 is 5.73 Å². The van der Waals surface area contributed by atoms with Gasteiger partial charge in [0, 0.05) is 10.9 Å². The molecular weight excluding hydrogens is 255 g/mol. The molecular formula is C16H11FN2O. The first-order valence-corrected chi connectivity index (χ1v) is 6.11. The van der Waals surface area contributed by atoms with E-state index in [9.17, 15) is 9.18 Å². The van der Waals surface area contributed by atoms with E-state index < -0.39 is 5.91 Å². The van der Waals surface area contributed by atoms with Crippen molar-refractivity contribution in [1.29, 1.82) is 0 Å². The number of carbonyl (C=O) groups is 1. The normalized spacial score (nSPS) is 10.7. The zero-order valence-corrected chi connectivity index (χ0v) is 10.5. The van der Waals surface area contributed by atoms with E-state index >= 15 is 0 Å². The second-order valence-electron chi connectivity index (χ2n) is 4.44. The number of pyridine rings is 1. The van der Waals surface area contributed by atoms with E-state index in [0.717, 1.165) is 5.56 Å². The number of hydrogen-bond acceptors (Lipinski definition) is 2. The highest BCUT2D eigenvalue weighted by molar-refractivity contribution is 6.06. The van der Waals surface area contributed by atoms with Crippen molar-refractivity contribution in [2.24, 2.45) is 5.73 Å². The van der Waals surface area contributed by atoms with Crippen LogP contribution in [0.25, 0.3) is 22.2 Å². The van der Waals surface area contributed by atoms with Crippen LogP contribution in [0.5, 0.6) is 0 Å². The van der Waals surface area contributed by atoms with Crippen LogP contribution in [0.3, 0.4) is 0 Å². The number of carbonyl (C=O) groups excluding carboxylic acids is 1. The van der Waals surface area contributed by atoms with Gasteiger partial charge in [-0.25, -0.2) is 9.37 Å². The summed E-state index contributed by atoms with van der Waals surface area (Å²) in [4.78, 5) is 16.1. The lowest BCUT2D eigenvalue weighted by Crippen LogP contribution is -2.12. The van der Waals surface area contributed by atoms with Crippen LogP contribution in [-0.4, -0.2) is 10.9 Å². The Morgan fingerprint density at radius 3 is 2.45 bits per heavy atom. The monoisotopic (exact) mass is 266 g/mol. The standard InChI is InChI=1S/C16H11FN2O/c17-11-7-5-10(6-8-11)15-9-13(16(18)20)12-3-1-2-4-14(12)19-15/h1-9H,(H2,18,20). The fraction of sp³-hybridized carbons (Fsp3) is 0. The highest BCUT2D eigenvalue weighted by Gasteiger charge is 2.11. The summed E-state index contributed by atoms with van der Waals surface area (Å²) in [5.41, 5.74) is 7.85. The van der Waals surface area contributed by atoms with Crippen LogP contribution in [0.15, 0.2) is 54.6 Å². The fourth-order valence-electron chi connectivity index (χ4n) is 2.15. The zero-order valence-electron chi connectivity index (χ0n) is 10.5. The van der Waals surface area contributed by atoms with Gasteiger partial charge in [-0.2, -0.15) is 0 Å². The third kappa shape index (κ3) is 2.12. The van der Waals surface area contributed by atoms with Crippen LogP contribution in [0, 0.1) is 5.82 Å². The van der Waals surface area contributed by atoms with Gasteiger partial charge in [-0.15, -0.1) is 0 Å². The highest BCUT2D eigenvalue weighted by Crippen LogP contribution is 2.24. The lowest BCUT2D eigenvalue weighted by molar-refractivity contribution is 0.100. The van der Waals surface area contributed by atoms with E-state index in [-0.39, 0.29) is 5.82 Å². The molecule has 4 heteroatoms. The number of halogens is 1. The summed E-state index contributed by atoms with van der Waals surface area (Å²) in [6.45, 7) is 0. The molecule has 0 aliphatic carbocycles. The van der Waals surface area contributed by atoms with Gasteiger partial charge >= 0.3 is 0 Å². The van der Waals surface area contributed by atoms with E-state index in [2.05, 4.69) is 4.98 Å². The maximum atomic E-state index is 13.0. The number of nitrogens with zero attached hydrogens (tertiary/aromatic N) is 1. The fourth-order valence-corrected chi connectivity index (χ4v) is 2.15. The average Bonchev–Trinajstić information content (AvgIpc) is 2.46. The summed E-state index contributed by atoms with van der Waals surface area (Å²) in [6, 6.07) is 14.9. The first kappa shape index (κ1) is 12.3. The van der Waals surface area contributed by atoms with Crippen molar-refractivity contribution in [3.63, 3.8) is 0 Å². The Kier molecular flexibility index (Phi) is 2.91. The Balaban J connectivity index is 2.27. The largest absolute Gasteiger partial charge is 0.366 e. The molecule has 98 valence electrons. The Morgan fingerprint density at radius 1 is 1.05 bits per heavy atom. The van der Waals surface area contributed by atoms with E-state index in [1.807, 2.05) is 18.2 Å². The van der Waals surface area contributed by atoms with Crippen molar-refractivity contribution in [3.8, 4) is 11.3 Å². The number of para-hydroxylation sites is 1. The molecule has 0 aliphatic heterocycles. The minimum Gasteiger partial charge on any atom is -0.366 e. The van der Waals surface area contributed by atoms with E-state index in [0.29, 0.717) is 22.2 Å². The maximum absolute atomic E-state index is 13.0. The minimum absolute atomic E-state index is 0.315. The van der Waals surface area contributed by atoms with E-state index in [4.69, 9.17) is 5.73 Å². The molecule has 2 N–H and O–H groups in total. The first-order chi connectivity index (χ1) is 9.65. The number of rotatable bonds is 2. The maximum Gasteiger partial charge on any atom is 0.249 e. The van der Waals surface area contributed by atoms with Gasteiger partial charge in [0.25, 0.3) is 0 Å². The lowest BCUT2D eigenvalue weighted by Gasteiger charge is -2.07. The number of aromatic nitrogens is 1. The van der Waals surface area contributed by atoms with Crippen LogP contribution in [-0.2, 0) is 0 Å². The molecule has 0 radical (unpaired) electrons. The van der Waals surface area contributed by atoms with Gasteiger partial charge in [0.05, 0.1) is 16.8 Å². The summed E-state index contributed by atoms with van der Waals surface area (Å²) in [7, 11) is 0. The third-order valence-corrected chi connectivity index (χ3v) is 3.12. The molecule has 3 aromatic rings. The molecule has 3 rings (SSSR count). The topological polar surface area (TPSA) is 56.0 Å². The summed E-state index contributed by atoms with van der Waals surface area (Å²) >= 11 is 0. The summed E-state index contributed by atoms with van der Waals surface area (Å²) < 4.78 is 13.0. The molecule has 1 aromatic heterocycles. The molecule has 3 nitrogen and oxygen atoms in total. The molecule has 20 heavy (non-hydrogen) atoms. The number of primary amides is 1. The Hall–Kier alpha value is -2.75. The zero-order chi connectivity index (χ0) is 14.1. The Bertz CT molecular complexity index is 797. The minimum atomic E-state index is -0.507. The molecule has 0 atom stereocenters. The van der Waals surface area contributed by atoms with Crippen molar-refractivity contribution < 1.29 is 9.18 Å². The van der Waals surface area contributed by atoms with Gasteiger partial charge in [0.1, 0.15) is 5.82 Å². The molecule has 0 fully saturated rings. The predicted molar refractivity (Wildman–Crippen MR) is 75.7 cm³/mol. The van der Waals surface area contributed by atoms with Crippen molar-refractivity contribution >= 4 is 16.8 Å². The lowest BCUT2D eigenvalue weighted by atomic mass is 10.0. The SMILES string of the molecule is NC(=O)c1cc(-c2ccc(F)cc2)nc2ccccc12. The molecule has 2 aromatic carbocycles. The second-order valence-corrected chi connectivity index (χ2v) is 4.44. The van der Waals surface area contributed by atoms with Gasteiger partial charge in [0.2, 0.25) is 5.91 Å². The molecule has 0 saturated carbocycles. The van der Waals surface area contributed by atoms with Gasteiger partial charge in [0.15, 0.2) is 0 Å². The predicted octanol–water partition coefficient (Wildman–Crippen LogP) is 3.14. The molecule has 0 unspecified atom stereocenters. The summed E-state index contributed by atoms with van der Waals surface area (Å²) in [6.07, 6.45) is 0.